The summed E-state index contributed by atoms with van der Waals surface area (Å²) in [5, 5.41) is 6.30. The zero-order chi connectivity index (χ0) is 15.4. The van der Waals surface area contributed by atoms with E-state index in [1.165, 1.54) is 26.2 Å². The average molecular weight is 293 g/mol. The maximum atomic E-state index is 12.4. The molecule has 5 heteroatoms. The first kappa shape index (κ1) is 16.0. The second kappa shape index (κ2) is 7.07. The molecule has 2 aliphatic rings. The molecule has 1 saturated carbocycles. The van der Waals surface area contributed by atoms with Crippen molar-refractivity contribution in [1.82, 2.24) is 10.6 Å². The third-order valence-corrected chi connectivity index (χ3v) is 4.74. The Morgan fingerprint density at radius 3 is 2.67 bits per heavy atom. The minimum absolute atomic E-state index is 0.0821. The van der Waals surface area contributed by atoms with E-state index in [0.717, 1.165) is 25.2 Å². The van der Waals surface area contributed by atoms with Crippen LogP contribution in [0.25, 0.3) is 0 Å². The highest BCUT2D eigenvalue weighted by Gasteiger charge is 2.35. The van der Waals surface area contributed by atoms with Crippen LogP contribution in [0.4, 0.5) is 0 Å². The van der Waals surface area contributed by atoms with Crippen LogP contribution in [0.5, 0.6) is 0 Å². The van der Waals surface area contributed by atoms with E-state index in [2.05, 4.69) is 17.2 Å². The van der Waals surface area contributed by atoms with Gasteiger partial charge in [-0.1, -0.05) is 19.4 Å². The molecule has 1 amide bonds. The summed E-state index contributed by atoms with van der Waals surface area (Å²) in [6.07, 6.45) is 7.24. The molecular weight excluding hydrogens is 266 g/mol. The van der Waals surface area contributed by atoms with Crippen LogP contribution in [0, 0.1) is 5.92 Å². The van der Waals surface area contributed by atoms with Gasteiger partial charge in [-0.2, -0.15) is 0 Å². The number of ketones is 1. The van der Waals surface area contributed by atoms with Gasteiger partial charge in [-0.25, -0.2) is 0 Å². The third-order valence-electron chi connectivity index (χ3n) is 4.74. The van der Waals surface area contributed by atoms with Gasteiger partial charge >= 0.3 is 0 Å². The fourth-order valence-corrected chi connectivity index (χ4v) is 3.53. The topological polar surface area (TPSA) is 84.2 Å². The second-order valence-corrected chi connectivity index (χ2v) is 6.48. The average Bonchev–Trinajstić information content (AvgIpc) is 2.45. The first-order chi connectivity index (χ1) is 9.97. The number of amides is 1. The summed E-state index contributed by atoms with van der Waals surface area (Å²) in [5.74, 6) is 0.553. The van der Waals surface area contributed by atoms with Crippen molar-refractivity contribution >= 4 is 11.7 Å². The first-order valence-electron chi connectivity index (χ1n) is 7.97. The summed E-state index contributed by atoms with van der Waals surface area (Å²) in [5.41, 5.74) is 5.98. The molecule has 1 heterocycles. The second-order valence-electron chi connectivity index (χ2n) is 6.48. The number of Topliss-reactive ketones (excluding diaryl/α,β-unsaturated/α-hetero) is 1. The van der Waals surface area contributed by atoms with E-state index in [-0.39, 0.29) is 17.7 Å². The van der Waals surface area contributed by atoms with E-state index in [9.17, 15) is 9.59 Å². The van der Waals surface area contributed by atoms with Crippen molar-refractivity contribution in [1.29, 1.82) is 0 Å². The molecule has 21 heavy (non-hydrogen) atoms. The van der Waals surface area contributed by atoms with Gasteiger partial charge < -0.3 is 16.4 Å². The van der Waals surface area contributed by atoms with Crippen molar-refractivity contribution in [3.05, 3.63) is 12.3 Å². The number of piperidine rings is 1. The van der Waals surface area contributed by atoms with Gasteiger partial charge in [0.2, 0.25) is 5.91 Å². The highest BCUT2D eigenvalue weighted by Crippen LogP contribution is 2.32. The Morgan fingerprint density at radius 1 is 1.29 bits per heavy atom. The van der Waals surface area contributed by atoms with E-state index in [1.54, 1.807) is 0 Å². The largest absolute Gasteiger partial charge is 0.402 e. The molecule has 0 aromatic heterocycles. The maximum absolute atomic E-state index is 12.4. The molecule has 1 saturated heterocycles. The molecular formula is C16H27N3O2. The van der Waals surface area contributed by atoms with E-state index in [4.69, 9.17) is 5.73 Å². The lowest BCUT2D eigenvalue weighted by atomic mass is 9.77. The molecule has 4 N–H and O–H groups in total. The lowest BCUT2D eigenvalue weighted by Gasteiger charge is -2.40. The van der Waals surface area contributed by atoms with E-state index in [1.807, 2.05) is 0 Å². The van der Waals surface area contributed by atoms with Gasteiger partial charge in [-0.15, -0.1) is 0 Å². The summed E-state index contributed by atoms with van der Waals surface area (Å²) < 4.78 is 0. The lowest BCUT2D eigenvalue weighted by Crippen LogP contribution is -2.57. The number of hydrogen-bond acceptors (Lipinski definition) is 4. The highest BCUT2D eigenvalue weighted by molar-refractivity contribution is 5.89. The normalized spacial score (nSPS) is 30.0. The molecule has 5 nitrogen and oxygen atoms in total. The van der Waals surface area contributed by atoms with Crippen molar-refractivity contribution in [2.45, 2.75) is 70.0 Å². The Hall–Kier alpha value is -1.36. The summed E-state index contributed by atoms with van der Waals surface area (Å²) in [4.78, 5) is 24.0. The molecule has 1 aliphatic heterocycles. The van der Waals surface area contributed by atoms with Gasteiger partial charge in [0.25, 0.3) is 0 Å². The minimum atomic E-state index is -0.555. The Morgan fingerprint density at radius 2 is 2.00 bits per heavy atom. The van der Waals surface area contributed by atoms with Crippen LogP contribution < -0.4 is 16.4 Å². The number of rotatable bonds is 5. The Bertz CT molecular complexity index is 422. The molecule has 4 atom stereocenters. The van der Waals surface area contributed by atoms with Crippen molar-refractivity contribution in [3.8, 4) is 0 Å². The fourth-order valence-electron chi connectivity index (χ4n) is 3.53. The monoisotopic (exact) mass is 293 g/mol. The quantitative estimate of drug-likeness (QED) is 0.712. The van der Waals surface area contributed by atoms with Gasteiger partial charge in [0.1, 0.15) is 0 Å². The lowest BCUT2D eigenvalue weighted by molar-refractivity contribution is -0.129. The van der Waals surface area contributed by atoms with E-state index < -0.39 is 6.04 Å². The first-order valence-corrected chi connectivity index (χ1v) is 7.97. The highest BCUT2D eigenvalue weighted by atomic mass is 16.2. The predicted molar refractivity (Wildman–Crippen MR) is 82.5 cm³/mol. The molecule has 2 fully saturated rings. The summed E-state index contributed by atoms with van der Waals surface area (Å²) >= 11 is 0. The van der Waals surface area contributed by atoms with Crippen LogP contribution in [0.3, 0.4) is 0 Å². The van der Waals surface area contributed by atoms with Crippen LogP contribution in [0.2, 0.25) is 0 Å². The van der Waals surface area contributed by atoms with Gasteiger partial charge in [0.15, 0.2) is 5.78 Å². The summed E-state index contributed by atoms with van der Waals surface area (Å²) in [6, 6.07) is -0.276. The van der Waals surface area contributed by atoms with E-state index >= 15 is 0 Å². The van der Waals surface area contributed by atoms with Gasteiger partial charge in [0, 0.05) is 18.2 Å². The standard InChI is InChI=1S/C16H27N3O2/c1-10(17)9-15(11(2)20)19-16(21)14-8-7-12-5-3-4-6-13(12)18-14/h12-15,18H,1,3-9,17H2,2H3,(H,19,21)/t12?,13?,14?,15-/m0/s1. The van der Waals surface area contributed by atoms with E-state index in [0.29, 0.717) is 18.2 Å². The number of nitrogens with one attached hydrogen (secondary N) is 2. The van der Waals surface area contributed by atoms with Gasteiger partial charge in [0.05, 0.1) is 12.1 Å². The van der Waals surface area contributed by atoms with Crippen LogP contribution in [0.1, 0.15) is 51.9 Å². The number of hydrogen-bond donors (Lipinski definition) is 3. The minimum Gasteiger partial charge on any atom is -0.402 e. The van der Waals surface area contributed by atoms with Crippen LogP contribution >= 0.6 is 0 Å². The Kier molecular flexibility index (Phi) is 5.39. The molecule has 1 aliphatic carbocycles. The van der Waals surface area contributed by atoms with Gasteiger partial charge in [-0.3, -0.25) is 9.59 Å². The molecule has 3 unspecified atom stereocenters. The molecule has 0 bridgehead atoms. The zero-order valence-electron chi connectivity index (χ0n) is 12.9. The molecule has 118 valence electrons. The number of carbonyl (C=O) groups is 2. The maximum Gasteiger partial charge on any atom is 0.237 e. The van der Waals surface area contributed by atoms with Crippen molar-refractivity contribution < 1.29 is 9.59 Å². The molecule has 0 aromatic rings. The van der Waals surface area contributed by atoms with Crippen molar-refractivity contribution in [2.24, 2.45) is 11.7 Å². The van der Waals surface area contributed by atoms with Gasteiger partial charge in [-0.05, 0) is 38.5 Å². The fraction of sp³-hybridized carbons (Fsp3) is 0.750. The predicted octanol–water partition coefficient (Wildman–Crippen LogP) is 1.23. The SMILES string of the molecule is C=C(N)C[C@H](NC(=O)C1CCC2CCCCC2N1)C(C)=O. The van der Waals surface area contributed by atoms with Crippen LogP contribution in [-0.2, 0) is 9.59 Å². The number of fused-ring (bicyclic) bond motifs is 1. The third kappa shape index (κ3) is 4.30. The van der Waals surface area contributed by atoms with Crippen molar-refractivity contribution in [3.63, 3.8) is 0 Å². The Labute approximate surface area is 126 Å². The number of carbonyl (C=O) groups excluding carboxylic acids is 2. The van der Waals surface area contributed by atoms with Crippen LogP contribution in [0.15, 0.2) is 12.3 Å². The summed E-state index contributed by atoms with van der Waals surface area (Å²) in [6.45, 7) is 5.08. The summed E-state index contributed by atoms with van der Waals surface area (Å²) in [7, 11) is 0. The number of nitrogens with two attached hydrogens (primary N) is 1. The van der Waals surface area contributed by atoms with Crippen LogP contribution in [-0.4, -0.2) is 29.8 Å². The molecule has 0 radical (unpaired) electrons. The molecule has 2 rings (SSSR count). The molecule has 0 aromatic carbocycles. The van der Waals surface area contributed by atoms with Crippen molar-refractivity contribution in [2.75, 3.05) is 0 Å². The smallest absolute Gasteiger partial charge is 0.237 e. The Balaban J connectivity index is 1.90. The zero-order valence-corrected chi connectivity index (χ0v) is 12.9. The molecule has 0 spiro atoms.